The van der Waals surface area contributed by atoms with Gasteiger partial charge in [-0.25, -0.2) is 0 Å². The molecule has 13 heavy (non-hydrogen) atoms. The van der Waals surface area contributed by atoms with Crippen molar-refractivity contribution in [2.45, 2.75) is 44.2 Å². The zero-order chi connectivity index (χ0) is 9.73. The number of nitrogens with one attached hydrogen (secondary N) is 1. The largest absolute Gasteiger partial charge is 0.381 e. The number of likely N-dealkylation sites (N-methyl/N-ethyl adjacent to an activating group) is 1. The normalized spacial score (nSPS) is 34.8. The number of ether oxygens (including phenoxy) is 1. The molecular weight excluding hydrogens is 164 g/mol. The topological polar surface area (TPSA) is 47.3 Å². The van der Waals surface area contributed by atoms with E-state index in [0.29, 0.717) is 6.10 Å². The van der Waals surface area contributed by atoms with Crippen LogP contribution in [0, 0.1) is 0 Å². The molecule has 0 radical (unpaired) electrons. The van der Waals surface area contributed by atoms with Crippen molar-refractivity contribution in [2.24, 2.45) is 5.73 Å². The van der Waals surface area contributed by atoms with E-state index in [2.05, 4.69) is 12.2 Å². The molecule has 0 aliphatic heterocycles. The molecule has 1 saturated carbocycles. The average molecular weight is 186 g/mol. The van der Waals surface area contributed by atoms with Crippen molar-refractivity contribution < 1.29 is 4.74 Å². The van der Waals surface area contributed by atoms with Crippen LogP contribution in [0.2, 0.25) is 0 Å². The van der Waals surface area contributed by atoms with Crippen LogP contribution in [0.1, 0.15) is 32.6 Å². The Morgan fingerprint density at radius 1 is 1.46 bits per heavy atom. The van der Waals surface area contributed by atoms with Gasteiger partial charge >= 0.3 is 0 Å². The first-order valence-corrected chi connectivity index (χ1v) is 5.24. The third-order valence-corrected chi connectivity index (χ3v) is 3.17. The van der Waals surface area contributed by atoms with E-state index in [0.717, 1.165) is 38.8 Å². The minimum absolute atomic E-state index is 0.198. The number of nitrogens with two attached hydrogens (primary N) is 1. The second-order valence-electron chi connectivity index (χ2n) is 3.95. The second-order valence-corrected chi connectivity index (χ2v) is 3.95. The molecule has 0 aromatic heterocycles. The molecule has 0 aromatic carbocycles. The first-order chi connectivity index (χ1) is 6.26. The van der Waals surface area contributed by atoms with Crippen molar-refractivity contribution in [2.75, 3.05) is 20.2 Å². The molecule has 1 aliphatic carbocycles. The molecule has 0 aromatic rings. The van der Waals surface area contributed by atoms with E-state index in [9.17, 15) is 0 Å². The van der Waals surface area contributed by atoms with Gasteiger partial charge in [-0.15, -0.1) is 0 Å². The maximum atomic E-state index is 5.81. The van der Waals surface area contributed by atoms with Gasteiger partial charge in [0, 0.05) is 19.2 Å². The summed E-state index contributed by atoms with van der Waals surface area (Å²) in [6.45, 7) is 3.89. The van der Waals surface area contributed by atoms with Crippen LogP contribution in [0.25, 0.3) is 0 Å². The van der Waals surface area contributed by atoms with Gasteiger partial charge in [0.05, 0.1) is 6.10 Å². The van der Waals surface area contributed by atoms with Crippen molar-refractivity contribution in [1.29, 1.82) is 0 Å². The summed E-state index contributed by atoms with van der Waals surface area (Å²) in [5, 5.41) is 3.51. The van der Waals surface area contributed by atoms with Crippen LogP contribution in [0.15, 0.2) is 0 Å². The smallest absolute Gasteiger partial charge is 0.0572 e. The van der Waals surface area contributed by atoms with E-state index in [-0.39, 0.29) is 5.54 Å². The molecule has 0 amide bonds. The van der Waals surface area contributed by atoms with Gasteiger partial charge in [0.25, 0.3) is 0 Å². The van der Waals surface area contributed by atoms with Crippen LogP contribution < -0.4 is 11.1 Å². The molecule has 0 spiro atoms. The standard InChI is InChI=1S/C10H22N2O/c1-3-12-10(8-11)6-4-9(13-2)5-7-10/h9,12H,3-8,11H2,1-2H3. The van der Waals surface area contributed by atoms with Crippen molar-refractivity contribution >= 4 is 0 Å². The van der Waals surface area contributed by atoms with Crippen LogP contribution >= 0.6 is 0 Å². The van der Waals surface area contributed by atoms with Gasteiger partial charge < -0.3 is 15.8 Å². The third kappa shape index (κ3) is 2.66. The Morgan fingerprint density at radius 2 is 2.08 bits per heavy atom. The molecule has 3 nitrogen and oxygen atoms in total. The number of hydrogen-bond acceptors (Lipinski definition) is 3. The van der Waals surface area contributed by atoms with Gasteiger partial charge in [0.2, 0.25) is 0 Å². The Kier molecular flexibility index (Phi) is 4.16. The molecule has 1 fully saturated rings. The van der Waals surface area contributed by atoms with E-state index in [4.69, 9.17) is 10.5 Å². The SMILES string of the molecule is CCNC1(CN)CCC(OC)CC1. The molecule has 3 N–H and O–H groups in total. The predicted octanol–water partition coefficient (Wildman–Crippen LogP) is 0.882. The highest BCUT2D eigenvalue weighted by Gasteiger charge is 2.32. The molecule has 0 unspecified atom stereocenters. The average Bonchev–Trinajstić information content (AvgIpc) is 2.19. The summed E-state index contributed by atoms with van der Waals surface area (Å²) in [6.07, 6.45) is 5.03. The van der Waals surface area contributed by atoms with Crippen molar-refractivity contribution in [3.63, 3.8) is 0 Å². The Hall–Kier alpha value is -0.120. The van der Waals surface area contributed by atoms with Crippen LogP contribution in [-0.2, 0) is 4.74 Å². The van der Waals surface area contributed by atoms with Crippen molar-refractivity contribution in [3.8, 4) is 0 Å². The molecule has 0 saturated heterocycles. The zero-order valence-corrected chi connectivity index (χ0v) is 8.81. The Morgan fingerprint density at radius 3 is 2.46 bits per heavy atom. The Labute approximate surface area is 81.0 Å². The van der Waals surface area contributed by atoms with Crippen LogP contribution in [0.4, 0.5) is 0 Å². The van der Waals surface area contributed by atoms with Crippen LogP contribution in [-0.4, -0.2) is 31.8 Å². The molecule has 1 rings (SSSR count). The second kappa shape index (κ2) is 4.94. The lowest BCUT2D eigenvalue weighted by atomic mass is 9.80. The van der Waals surface area contributed by atoms with Gasteiger partial charge in [0.15, 0.2) is 0 Å². The fraction of sp³-hybridized carbons (Fsp3) is 1.00. The molecule has 0 atom stereocenters. The summed E-state index contributed by atoms with van der Waals surface area (Å²) in [5.41, 5.74) is 6.01. The third-order valence-electron chi connectivity index (χ3n) is 3.17. The van der Waals surface area contributed by atoms with E-state index in [1.165, 1.54) is 0 Å². The minimum atomic E-state index is 0.198. The zero-order valence-electron chi connectivity index (χ0n) is 8.81. The predicted molar refractivity (Wildman–Crippen MR) is 54.7 cm³/mol. The monoisotopic (exact) mass is 186 g/mol. The molecule has 0 bridgehead atoms. The molecule has 78 valence electrons. The van der Waals surface area contributed by atoms with Gasteiger partial charge in [-0.05, 0) is 32.2 Å². The maximum absolute atomic E-state index is 5.81. The lowest BCUT2D eigenvalue weighted by Gasteiger charge is -2.39. The van der Waals surface area contributed by atoms with Crippen molar-refractivity contribution in [3.05, 3.63) is 0 Å². The van der Waals surface area contributed by atoms with Gasteiger partial charge in [-0.2, -0.15) is 0 Å². The minimum Gasteiger partial charge on any atom is -0.381 e. The Balaban J connectivity index is 2.42. The molecule has 3 heteroatoms. The highest BCUT2D eigenvalue weighted by molar-refractivity contribution is 4.93. The van der Waals surface area contributed by atoms with Gasteiger partial charge in [-0.1, -0.05) is 6.92 Å². The van der Waals surface area contributed by atoms with Gasteiger partial charge in [0.1, 0.15) is 0 Å². The Bertz CT molecular complexity index is 142. The van der Waals surface area contributed by atoms with E-state index in [1.807, 2.05) is 0 Å². The summed E-state index contributed by atoms with van der Waals surface area (Å²) >= 11 is 0. The number of hydrogen-bond donors (Lipinski definition) is 2. The van der Waals surface area contributed by atoms with E-state index in [1.54, 1.807) is 7.11 Å². The summed E-state index contributed by atoms with van der Waals surface area (Å²) in [7, 11) is 1.80. The van der Waals surface area contributed by atoms with Crippen LogP contribution in [0.3, 0.4) is 0 Å². The lowest BCUT2D eigenvalue weighted by molar-refractivity contribution is 0.0436. The van der Waals surface area contributed by atoms with Crippen molar-refractivity contribution in [1.82, 2.24) is 5.32 Å². The van der Waals surface area contributed by atoms with E-state index < -0.39 is 0 Å². The highest BCUT2D eigenvalue weighted by Crippen LogP contribution is 2.28. The fourth-order valence-electron chi connectivity index (χ4n) is 2.21. The fourth-order valence-corrected chi connectivity index (χ4v) is 2.21. The summed E-state index contributed by atoms with van der Waals surface area (Å²) in [4.78, 5) is 0. The summed E-state index contributed by atoms with van der Waals surface area (Å²) in [5.74, 6) is 0. The first-order valence-electron chi connectivity index (χ1n) is 5.24. The maximum Gasteiger partial charge on any atom is 0.0572 e. The number of methoxy groups -OCH3 is 1. The highest BCUT2D eigenvalue weighted by atomic mass is 16.5. The first kappa shape index (κ1) is 11.0. The quantitative estimate of drug-likeness (QED) is 0.685. The molecule has 0 heterocycles. The summed E-state index contributed by atoms with van der Waals surface area (Å²) in [6, 6.07) is 0. The van der Waals surface area contributed by atoms with Gasteiger partial charge in [-0.3, -0.25) is 0 Å². The van der Waals surface area contributed by atoms with E-state index >= 15 is 0 Å². The number of rotatable bonds is 4. The summed E-state index contributed by atoms with van der Waals surface area (Å²) < 4.78 is 5.34. The lowest BCUT2D eigenvalue weighted by Crippen LogP contribution is -2.54. The van der Waals surface area contributed by atoms with Crippen LogP contribution in [0.5, 0.6) is 0 Å². The molecule has 1 aliphatic rings. The molecular formula is C10H22N2O.